The molecule has 1 unspecified atom stereocenters. The Bertz CT molecular complexity index is 974. The number of nitrogens with zero attached hydrogens (tertiary/aromatic N) is 2. The molecule has 0 radical (unpaired) electrons. The minimum absolute atomic E-state index is 0.0234. The Hall–Kier alpha value is -1.86. The van der Waals surface area contributed by atoms with E-state index in [2.05, 4.69) is 5.32 Å². The second kappa shape index (κ2) is 8.48. The maximum Gasteiger partial charge on any atom is 0.243 e. The normalized spacial score (nSPS) is 22.4. The summed E-state index contributed by atoms with van der Waals surface area (Å²) in [6.45, 7) is 0.746. The zero-order valence-electron chi connectivity index (χ0n) is 17.1. The van der Waals surface area contributed by atoms with Gasteiger partial charge in [0.2, 0.25) is 15.9 Å². The molecule has 29 heavy (non-hydrogen) atoms. The third-order valence-electron chi connectivity index (χ3n) is 6.45. The van der Waals surface area contributed by atoms with Gasteiger partial charge in [-0.1, -0.05) is 25.7 Å². The summed E-state index contributed by atoms with van der Waals surface area (Å²) >= 11 is 0. The number of carbonyl (C=O) groups is 1. The summed E-state index contributed by atoms with van der Waals surface area (Å²) < 4.78 is 29.9. The van der Waals surface area contributed by atoms with Gasteiger partial charge < -0.3 is 9.88 Å². The molecule has 1 aliphatic carbocycles. The maximum absolute atomic E-state index is 13.2. The Balaban J connectivity index is 1.46. The largest absolute Gasteiger partial charge is 0.353 e. The summed E-state index contributed by atoms with van der Waals surface area (Å²) in [6.07, 6.45) is 10.3. The second-order valence-electron chi connectivity index (χ2n) is 8.55. The third-order valence-corrected chi connectivity index (χ3v) is 8.31. The van der Waals surface area contributed by atoms with E-state index >= 15 is 0 Å². The number of hydrogen-bond acceptors (Lipinski definition) is 3. The van der Waals surface area contributed by atoms with Gasteiger partial charge in [-0.2, -0.15) is 4.31 Å². The lowest BCUT2D eigenvalue weighted by molar-refractivity contribution is -0.126. The summed E-state index contributed by atoms with van der Waals surface area (Å²) in [5.74, 6) is -0.238. The van der Waals surface area contributed by atoms with Crippen LogP contribution in [-0.4, -0.2) is 42.3 Å². The van der Waals surface area contributed by atoms with Gasteiger partial charge in [0, 0.05) is 43.3 Å². The van der Waals surface area contributed by atoms with Gasteiger partial charge in [0.1, 0.15) is 0 Å². The SMILES string of the molecule is Cn1ccc2cc(S(=O)(=O)N3CCCC(C(=O)NC4CCCCCC4)C3)ccc21. The summed E-state index contributed by atoms with van der Waals surface area (Å²) in [4.78, 5) is 13.1. The molecule has 1 amide bonds. The van der Waals surface area contributed by atoms with Crippen molar-refractivity contribution < 1.29 is 13.2 Å². The second-order valence-corrected chi connectivity index (χ2v) is 10.5. The van der Waals surface area contributed by atoms with E-state index in [1.807, 2.05) is 29.9 Å². The Kier molecular flexibility index (Phi) is 5.97. The van der Waals surface area contributed by atoms with Gasteiger partial charge in [-0.25, -0.2) is 8.42 Å². The van der Waals surface area contributed by atoms with Crippen LogP contribution in [0.15, 0.2) is 35.4 Å². The highest BCUT2D eigenvalue weighted by Crippen LogP contribution is 2.27. The maximum atomic E-state index is 13.2. The standard InChI is InChI=1S/C22H31N3O3S/c1-24-14-12-17-15-20(10-11-21(17)24)29(27,28)25-13-6-7-18(16-25)22(26)23-19-8-4-2-3-5-9-19/h10-12,14-15,18-19H,2-9,13,16H2,1H3,(H,23,26). The van der Waals surface area contributed by atoms with Crippen LogP contribution in [0, 0.1) is 5.92 Å². The van der Waals surface area contributed by atoms with Crippen molar-refractivity contribution in [2.75, 3.05) is 13.1 Å². The number of fused-ring (bicyclic) bond motifs is 1. The Morgan fingerprint density at radius 3 is 2.55 bits per heavy atom. The molecule has 2 aliphatic rings. The summed E-state index contributed by atoms with van der Waals surface area (Å²) in [5.41, 5.74) is 1.00. The average molecular weight is 418 g/mol. The molecule has 1 aromatic carbocycles. The smallest absolute Gasteiger partial charge is 0.243 e. The highest BCUT2D eigenvalue weighted by atomic mass is 32.2. The van der Waals surface area contributed by atoms with Crippen molar-refractivity contribution in [2.24, 2.45) is 13.0 Å². The number of nitrogens with one attached hydrogen (secondary N) is 1. The Labute approximate surface area is 173 Å². The number of carbonyl (C=O) groups excluding carboxylic acids is 1. The van der Waals surface area contributed by atoms with Gasteiger partial charge in [0.25, 0.3) is 0 Å². The van der Waals surface area contributed by atoms with Crippen molar-refractivity contribution >= 4 is 26.8 Å². The van der Waals surface area contributed by atoms with E-state index in [0.29, 0.717) is 11.4 Å². The number of hydrogen-bond donors (Lipinski definition) is 1. The monoisotopic (exact) mass is 417 g/mol. The van der Waals surface area contributed by atoms with Crippen molar-refractivity contribution in [3.63, 3.8) is 0 Å². The zero-order valence-corrected chi connectivity index (χ0v) is 18.0. The van der Waals surface area contributed by atoms with Gasteiger partial charge in [0.05, 0.1) is 10.8 Å². The summed E-state index contributed by atoms with van der Waals surface area (Å²) in [6, 6.07) is 7.43. The van der Waals surface area contributed by atoms with Crippen LogP contribution >= 0.6 is 0 Å². The molecule has 4 rings (SSSR count). The number of aryl methyl sites for hydroxylation is 1. The number of benzene rings is 1. The van der Waals surface area contributed by atoms with E-state index in [1.54, 1.807) is 12.1 Å². The molecular formula is C22H31N3O3S. The first-order chi connectivity index (χ1) is 13.9. The van der Waals surface area contributed by atoms with Crippen molar-refractivity contribution in [3.8, 4) is 0 Å². The first kappa shape index (κ1) is 20.4. The first-order valence-electron chi connectivity index (χ1n) is 10.8. The van der Waals surface area contributed by atoms with E-state index in [1.165, 1.54) is 17.1 Å². The van der Waals surface area contributed by atoms with E-state index < -0.39 is 10.0 Å². The summed E-state index contributed by atoms with van der Waals surface area (Å²) in [7, 11) is -1.66. The van der Waals surface area contributed by atoms with Crippen LogP contribution < -0.4 is 5.32 Å². The van der Waals surface area contributed by atoms with Gasteiger partial charge in [-0.3, -0.25) is 4.79 Å². The van der Waals surface area contributed by atoms with Gasteiger partial charge in [-0.15, -0.1) is 0 Å². The summed E-state index contributed by atoms with van der Waals surface area (Å²) in [5, 5.41) is 4.11. The van der Waals surface area contributed by atoms with Crippen molar-refractivity contribution in [3.05, 3.63) is 30.5 Å². The highest BCUT2D eigenvalue weighted by Gasteiger charge is 2.34. The fraction of sp³-hybridized carbons (Fsp3) is 0.591. The van der Waals surface area contributed by atoms with Crippen LogP contribution in [-0.2, 0) is 21.9 Å². The van der Waals surface area contributed by atoms with Crippen molar-refractivity contribution in [1.82, 2.24) is 14.2 Å². The molecule has 1 aliphatic heterocycles. The number of sulfonamides is 1. The Morgan fingerprint density at radius 1 is 1.03 bits per heavy atom. The fourth-order valence-electron chi connectivity index (χ4n) is 4.69. The molecular weight excluding hydrogens is 386 g/mol. The van der Waals surface area contributed by atoms with E-state index in [4.69, 9.17) is 0 Å². The Morgan fingerprint density at radius 2 is 1.79 bits per heavy atom. The van der Waals surface area contributed by atoms with Crippen molar-refractivity contribution in [1.29, 1.82) is 0 Å². The van der Waals surface area contributed by atoms with E-state index in [0.717, 1.165) is 49.4 Å². The zero-order chi connectivity index (χ0) is 20.4. The van der Waals surface area contributed by atoms with Crippen LogP contribution in [0.5, 0.6) is 0 Å². The van der Waals surface area contributed by atoms with Crippen LogP contribution in [0.4, 0.5) is 0 Å². The van der Waals surface area contributed by atoms with Gasteiger partial charge in [0.15, 0.2) is 0 Å². The molecule has 158 valence electrons. The number of piperidine rings is 1. The van der Waals surface area contributed by atoms with Crippen molar-refractivity contribution in [2.45, 2.75) is 62.3 Å². The fourth-order valence-corrected chi connectivity index (χ4v) is 6.25. The van der Waals surface area contributed by atoms with Gasteiger partial charge in [-0.05, 0) is 49.9 Å². The highest BCUT2D eigenvalue weighted by molar-refractivity contribution is 7.89. The molecule has 1 aromatic heterocycles. The van der Waals surface area contributed by atoms with Gasteiger partial charge >= 0.3 is 0 Å². The molecule has 1 N–H and O–H groups in total. The van der Waals surface area contributed by atoms with Crippen LogP contribution in [0.25, 0.3) is 10.9 Å². The minimum atomic E-state index is -3.61. The third kappa shape index (κ3) is 4.36. The number of aromatic nitrogens is 1. The molecule has 2 aromatic rings. The molecule has 1 saturated heterocycles. The minimum Gasteiger partial charge on any atom is -0.353 e. The lowest BCUT2D eigenvalue weighted by atomic mass is 9.97. The van der Waals surface area contributed by atoms with Crippen LogP contribution in [0.1, 0.15) is 51.4 Å². The molecule has 0 bridgehead atoms. The number of amides is 1. The lowest BCUT2D eigenvalue weighted by Gasteiger charge is -2.32. The van der Waals surface area contributed by atoms with E-state index in [9.17, 15) is 13.2 Å². The van der Waals surface area contributed by atoms with E-state index in [-0.39, 0.29) is 24.4 Å². The average Bonchev–Trinajstić information content (AvgIpc) is 2.92. The van der Waals surface area contributed by atoms with Crippen LogP contribution in [0.2, 0.25) is 0 Å². The predicted octanol–water partition coefficient (Wildman–Crippen LogP) is 3.42. The molecule has 1 saturated carbocycles. The van der Waals surface area contributed by atoms with Crippen LogP contribution in [0.3, 0.4) is 0 Å². The number of rotatable bonds is 4. The quantitative estimate of drug-likeness (QED) is 0.775. The molecule has 0 spiro atoms. The first-order valence-corrected chi connectivity index (χ1v) is 12.2. The predicted molar refractivity (Wildman–Crippen MR) is 114 cm³/mol. The molecule has 2 fully saturated rings. The molecule has 1 atom stereocenters. The molecule has 2 heterocycles. The topological polar surface area (TPSA) is 71.4 Å². The lowest BCUT2D eigenvalue weighted by Crippen LogP contribution is -2.47. The molecule has 7 heteroatoms. The molecule has 6 nitrogen and oxygen atoms in total.